The Balaban J connectivity index is 2.60. The van der Waals surface area contributed by atoms with E-state index in [9.17, 15) is 4.79 Å². The topological polar surface area (TPSA) is 38.8 Å². The van der Waals surface area contributed by atoms with Crippen molar-refractivity contribution in [1.29, 1.82) is 0 Å². The minimum absolute atomic E-state index is 0.0754. The van der Waals surface area contributed by atoms with E-state index in [1.165, 1.54) is 0 Å². The predicted molar refractivity (Wildman–Crippen MR) is 57.7 cm³/mol. The number of nitrogens with zero attached hydrogens (tertiary/aromatic N) is 1. The van der Waals surface area contributed by atoms with Crippen molar-refractivity contribution in [3.8, 4) is 0 Å². The van der Waals surface area contributed by atoms with Gasteiger partial charge in [0.1, 0.15) is 5.60 Å². The third-order valence-electron chi connectivity index (χ3n) is 2.07. The summed E-state index contributed by atoms with van der Waals surface area (Å²) in [5.74, 6) is 0. The van der Waals surface area contributed by atoms with Crippen LogP contribution in [0.15, 0.2) is 12.7 Å². The number of amides is 1. The fraction of sp³-hybridized carbons (Fsp3) is 0.727. The van der Waals surface area contributed by atoms with E-state index in [-0.39, 0.29) is 12.1 Å². The highest BCUT2D eigenvalue weighted by molar-refractivity contribution is 5.69. The number of carbonyl (C=O) groups excluding carboxylic acids is 1. The van der Waals surface area contributed by atoms with Gasteiger partial charge in [0.25, 0.3) is 0 Å². The molecule has 0 aliphatic carbocycles. The molecule has 86 valence electrons. The molecule has 0 aromatic rings. The molecule has 0 spiro atoms. The lowest BCUT2D eigenvalue weighted by molar-refractivity contribution is -0.0216. The van der Waals surface area contributed by atoms with Crippen LogP contribution in [0.5, 0.6) is 0 Å². The molecule has 1 amide bonds. The van der Waals surface area contributed by atoms with Crippen molar-refractivity contribution >= 4 is 6.09 Å². The third kappa shape index (κ3) is 3.55. The van der Waals surface area contributed by atoms with Crippen molar-refractivity contribution < 1.29 is 14.3 Å². The van der Waals surface area contributed by atoms with E-state index in [4.69, 9.17) is 9.47 Å². The molecule has 1 aliphatic rings. The fourth-order valence-electron chi connectivity index (χ4n) is 1.37. The van der Waals surface area contributed by atoms with Gasteiger partial charge in [0.05, 0.1) is 19.3 Å². The lowest BCUT2D eigenvalue weighted by atomic mass is 10.2. The van der Waals surface area contributed by atoms with Crippen LogP contribution in [0.1, 0.15) is 20.8 Å². The summed E-state index contributed by atoms with van der Waals surface area (Å²) < 4.78 is 10.6. The van der Waals surface area contributed by atoms with E-state index in [0.29, 0.717) is 19.8 Å². The summed E-state index contributed by atoms with van der Waals surface area (Å²) in [5.41, 5.74) is -0.457. The molecule has 1 aliphatic heterocycles. The highest BCUT2D eigenvalue weighted by Gasteiger charge is 2.28. The van der Waals surface area contributed by atoms with E-state index < -0.39 is 5.60 Å². The van der Waals surface area contributed by atoms with Gasteiger partial charge >= 0.3 is 6.09 Å². The Bertz CT molecular complexity index is 245. The summed E-state index contributed by atoms with van der Waals surface area (Å²) in [6.07, 6.45) is 1.42. The third-order valence-corrected chi connectivity index (χ3v) is 2.07. The maximum atomic E-state index is 11.8. The molecule has 1 unspecified atom stereocenters. The van der Waals surface area contributed by atoms with Crippen LogP contribution in [-0.2, 0) is 9.47 Å². The van der Waals surface area contributed by atoms with Gasteiger partial charge in [0.2, 0.25) is 0 Å². The smallest absolute Gasteiger partial charge is 0.410 e. The minimum atomic E-state index is -0.457. The van der Waals surface area contributed by atoms with Crippen molar-refractivity contribution in [1.82, 2.24) is 4.90 Å². The molecule has 0 aromatic carbocycles. The van der Waals surface area contributed by atoms with Crippen molar-refractivity contribution in [2.45, 2.75) is 32.4 Å². The maximum Gasteiger partial charge on any atom is 0.410 e. The van der Waals surface area contributed by atoms with Crippen LogP contribution in [0.2, 0.25) is 0 Å². The number of carbonyl (C=O) groups is 1. The summed E-state index contributed by atoms with van der Waals surface area (Å²) in [4.78, 5) is 13.4. The molecule has 0 saturated carbocycles. The lowest BCUT2D eigenvalue weighted by Gasteiger charge is -2.34. The Morgan fingerprint density at radius 1 is 1.60 bits per heavy atom. The Hall–Kier alpha value is -1.03. The Morgan fingerprint density at radius 3 is 2.80 bits per heavy atom. The molecular weight excluding hydrogens is 194 g/mol. The van der Waals surface area contributed by atoms with Crippen molar-refractivity contribution in [3.05, 3.63) is 12.7 Å². The van der Waals surface area contributed by atoms with Crippen LogP contribution in [-0.4, -0.2) is 42.4 Å². The highest BCUT2D eigenvalue weighted by Crippen LogP contribution is 2.14. The zero-order valence-corrected chi connectivity index (χ0v) is 9.66. The molecule has 1 atom stereocenters. The first-order chi connectivity index (χ1) is 6.94. The molecule has 0 radical (unpaired) electrons. The van der Waals surface area contributed by atoms with Gasteiger partial charge in [0, 0.05) is 6.54 Å². The largest absolute Gasteiger partial charge is 0.444 e. The first kappa shape index (κ1) is 12.0. The molecule has 1 fully saturated rings. The number of morpholine rings is 1. The lowest BCUT2D eigenvalue weighted by Crippen LogP contribution is -2.49. The van der Waals surface area contributed by atoms with Gasteiger partial charge in [-0.2, -0.15) is 0 Å². The van der Waals surface area contributed by atoms with Crippen LogP contribution < -0.4 is 0 Å². The van der Waals surface area contributed by atoms with E-state index >= 15 is 0 Å². The molecule has 0 N–H and O–H groups in total. The van der Waals surface area contributed by atoms with Crippen molar-refractivity contribution in [2.24, 2.45) is 0 Å². The monoisotopic (exact) mass is 213 g/mol. The molecule has 0 aromatic heterocycles. The van der Waals surface area contributed by atoms with Crippen molar-refractivity contribution in [3.63, 3.8) is 0 Å². The van der Waals surface area contributed by atoms with E-state index in [1.54, 1.807) is 11.0 Å². The molecule has 1 heterocycles. The molecule has 4 heteroatoms. The SMILES string of the molecule is C=CC1COCCN1C(=O)OC(C)(C)C. The molecular formula is C11H19NO3. The minimum Gasteiger partial charge on any atom is -0.444 e. The average Bonchev–Trinajstić information content (AvgIpc) is 2.15. The summed E-state index contributed by atoms with van der Waals surface area (Å²) in [5, 5.41) is 0. The van der Waals surface area contributed by atoms with Crippen LogP contribution >= 0.6 is 0 Å². The van der Waals surface area contributed by atoms with Crippen LogP contribution in [0, 0.1) is 0 Å². The molecule has 0 bridgehead atoms. The van der Waals surface area contributed by atoms with Gasteiger partial charge in [-0.15, -0.1) is 6.58 Å². The molecule has 4 nitrogen and oxygen atoms in total. The van der Waals surface area contributed by atoms with E-state index in [2.05, 4.69) is 6.58 Å². The zero-order chi connectivity index (χ0) is 11.5. The van der Waals surface area contributed by atoms with Gasteiger partial charge < -0.3 is 9.47 Å². The first-order valence-corrected chi connectivity index (χ1v) is 5.14. The first-order valence-electron chi connectivity index (χ1n) is 5.14. The fourth-order valence-corrected chi connectivity index (χ4v) is 1.37. The summed E-state index contributed by atoms with van der Waals surface area (Å²) in [6, 6.07) is -0.0754. The van der Waals surface area contributed by atoms with Crippen LogP contribution in [0.4, 0.5) is 4.79 Å². The number of hydrogen-bond acceptors (Lipinski definition) is 3. The summed E-state index contributed by atoms with van der Waals surface area (Å²) in [7, 11) is 0. The number of ether oxygens (including phenoxy) is 2. The molecule has 1 saturated heterocycles. The second kappa shape index (κ2) is 4.66. The Kier molecular flexibility index (Phi) is 3.74. The quantitative estimate of drug-likeness (QED) is 0.623. The van der Waals surface area contributed by atoms with Gasteiger partial charge in [0.15, 0.2) is 0 Å². The van der Waals surface area contributed by atoms with Crippen molar-refractivity contribution in [2.75, 3.05) is 19.8 Å². The van der Waals surface area contributed by atoms with Gasteiger partial charge in [-0.3, -0.25) is 4.90 Å². The Morgan fingerprint density at radius 2 is 2.27 bits per heavy atom. The van der Waals surface area contributed by atoms with Gasteiger partial charge in [-0.05, 0) is 20.8 Å². The number of hydrogen-bond donors (Lipinski definition) is 0. The van der Waals surface area contributed by atoms with E-state index in [0.717, 1.165) is 0 Å². The zero-order valence-electron chi connectivity index (χ0n) is 9.66. The average molecular weight is 213 g/mol. The van der Waals surface area contributed by atoms with Crippen LogP contribution in [0.3, 0.4) is 0 Å². The van der Waals surface area contributed by atoms with Gasteiger partial charge in [-0.1, -0.05) is 6.08 Å². The Labute approximate surface area is 90.8 Å². The van der Waals surface area contributed by atoms with E-state index in [1.807, 2.05) is 20.8 Å². The normalized spacial score (nSPS) is 22.3. The molecule has 15 heavy (non-hydrogen) atoms. The van der Waals surface area contributed by atoms with Gasteiger partial charge in [-0.25, -0.2) is 4.79 Å². The standard InChI is InChI=1S/C11H19NO3/c1-5-9-8-14-7-6-12(9)10(13)15-11(2,3)4/h5,9H,1,6-8H2,2-4H3. The second-order valence-corrected chi connectivity index (χ2v) is 4.55. The summed E-state index contributed by atoms with van der Waals surface area (Å²) >= 11 is 0. The van der Waals surface area contributed by atoms with Crippen LogP contribution in [0.25, 0.3) is 0 Å². The number of rotatable bonds is 1. The second-order valence-electron chi connectivity index (χ2n) is 4.55. The molecule has 1 rings (SSSR count). The summed E-state index contributed by atoms with van der Waals surface area (Å²) in [6.45, 7) is 10.9. The maximum absolute atomic E-state index is 11.8. The predicted octanol–water partition coefficient (Wildman–Crippen LogP) is 1.81. The highest BCUT2D eigenvalue weighted by atomic mass is 16.6.